The summed E-state index contributed by atoms with van der Waals surface area (Å²) in [4.78, 5) is 1.47. The van der Waals surface area contributed by atoms with E-state index >= 15 is 0 Å². The SMILES string of the molecule is C=C(C)S1(C)CPC(CC)C1. The van der Waals surface area contributed by atoms with Crippen LogP contribution in [0.4, 0.5) is 0 Å². The van der Waals surface area contributed by atoms with Crippen molar-refractivity contribution in [1.82, 2.24) is 0 Å². The minimum atomic E-state index is -0.364. The third kappa shape index (κ3) is 2.00. The lowest BCUT2D eigenvalue weighted by Crippen LogP contribution is -2.05. The number of hydrogen-bond donors (Lipinski definition) is 0. The highest BCUT2D eigenvalue weighted by Crippen LogP contribution is 2.63. The topological polar surface area (TPSA) is 0 Å². The van der Waals surface area contributed by atoms with Crippen LogP contribution in [0.1, 0.15) is 20.3 Å². The molecule has 1 aliphatic heterocycles. The largest absolute Gasteiger partial charge is 0.218 e. The zero-order valence-electron chi connectivity index (χ0n) is 7.81. The first-order valence-electron chi connectivity index (χ1n) is 4.21. The van der Waals surface area contributed by atoms with Gasteiger partial charge in [0.1, 0.15) is 0 Å². The van der Waals surface area contributed by atoms with Crippen LogP contribution in [-0.4, -0.2) is 23.2 Å². The molecule has 0 aliphatic carbocycles. The van der Waals surface area contributed by atoms with Gasteiger partial charge in [-0.2, -0.15) is 0 Å². The highest BCUT2D eigenvalue weighted by Gasteiger charge is 2.29. The average Bonchev–Trinajstić information content (AvgIpc) is 2.33. The molecule has 11 heavy (non-hydrogen) atoms. The molecule has 0 N–H and O–H groups in total. The number of rotatable bonds is 2. The molecule has 0 nitrogen and oxygen atoms in total. The van der Waals surface area contributed by atoms with E-state index in [0.717, 1.165) is 5.66 Å². The maximum Gasteiger partial charge on any atom is -0.00151 e. The smallest absolute Gasteiger partial charge is 0.00151 e. The van der Waals surface area contributed by atoms with Gasteiger partial charge in [0, 0.05) is 0 Å². The fourth-order valence-corrected chi connectivity index (χ4v) is 8.53. The van der Waals surface area contributed by atoms with E-state index in [-0.39, 0.29) is 10.0 Å². The van der Waals surface area contributed by atoms with Crippen LogP contribution in [0.15, 0.2) is 11.5 Å². The summed E-state index contributed by atoms with van der Waals surface area (Å²) in [6.45, 7) is 8.66. The predicted octanol–water partition coefficient (Wildman–Crippen LogP) is 3.38. The van der Waals surface area contributed by atoms with Crippen LogP contribution in [0.25, 0.3) is 0 Å². The second-order valence-electron chi connectivity index (χ2n) is 3.60. The van der Waals surface area contributed by atoms with E-state index < -0.39 is 0 Å². The molecule has 1 aliphatic rings. The lowest BCUT2D eigenvalue weighted by Gasteiger charge is -2.31. The molecule has 0 saturated carbocycles. The third-order valence-corrected chi connectivity index (χ3v) is 10.1. The summed E-state index contributed by atoms with van der Waals surface area (Å²) < 4.78 is 0. The zero-order valence-corrected chi connectivity index (χ0v) is 9.63. The fraction of sp³-hybridized carbons (Fsp3) is 0.778. The first kappa shape index (κ1) is 9.61. The molecule has 1 fully saturated rings. The van der Waals surface area contributed by atoms with Crippen molar-refractivity contribution in [2.45, 2.75) is 25.9 Å². The van der Waals surface area contributed by atoms with Crippen molar-refractivity contribution in [3.05, 3.63) is 11.5 Å². The molecule has 3 unspecified atom stereocenters. The van der Waals surface area contributed by atoms with E-state index in [2.05, 4.69) is 26.7 Å². The maximum absolute atomic E-state index is 4.12. The van der Waals surface area contributed by atoms with Gasteiger partial charge in [0.2, 0.25) is 0 Å². The average molecular weight is 190 g/mol. The summed E-state index contributed by atoms with van der Waals surface area (Å²) in [6.07, 6.45) is 3.84. The Morgan fingerprint density at radius 3 is 2.64 bits per heavy atom. The molecule has 1 rings (SSSR count). The maximum atomic E-state index is 4.12. The first-order chi connectivity index (χ1) is 5.08. The second kappa shape index (κ2) is 3.49. The van der Waals surface area contributed by atoms with Crippen molar-refractivity contribution in [1.29, 1.82) is 0 Å². The highest BCUT2D eigenvalue weighted by molar-refractivity contribution is 8.39. The van der Waals surface area contributed by atoms with Gasteiger partial charge in [0.25, 0.3) is 0 Å². The first-order valence-corrected chi connectivity index (χ1v) is 7.87. The Morgan fingerprint density at radius 2 is 2.36 bits per heavy atom. The summed E-state index contributed by atoms with van der Waals surface area (Å²) in [6, 6.07) is 0. The molecule has 66 valence electrons. The summed E-state index contributed by atoms with van der Waals surface area (Å²) in [5, 5.41) is 0. The van der Waals surface area contributed by atoms with Crippen LogP contribution in [-0.2, 0) is 0 Å². The van der Waals surface area contributed by atoms with Crippen LogP contribution in [0.5, 0.6) is 0 Å². The van der Waals surface area contributed by atoms with Crippen molar-refractivity contribution in [2.75, 3.05) is 17.5 Å². The zero-order chi connectivity index (χ0) is 8.48. The van der Waals surface area contributed by atoms with Crippen molar-refractivity contribution < 1.29 is 0 Å². The Hall–Kier alpha value is 0.520. The van der Waals surface area contributed by atoms with Crippen molar-refractivity contribution in [2.24, 2.45) is 0 Å². The summed E-state index contributed by atoms with van der Waals surface area (Å²) in [5.74, 6) is 1.47. The summed E-state index contributed by atoms with van der Waals surface area (Å²) in [5.41, 5.74) is 2.51. The van der Waals surface area contributed by atoms with Gasteiger partial charge in [-0.15, -0.1) is 8.58 Å². The molecule has 0 bridgehead atoms. The molecule has 1 saturated heterocycles. The van der Waals surface area contributed by atoms with Crippen LogP contribution >= 0.6 is 18.6 Å². The Kier molecular flexibility index (Phi) is 3.05. The van der Waals surface area contributed by atoms with Gasteiger partial charge in [-0.3, -0.25) is 0 Å². The van der Waals surface area contributed by atoms with Gasteiger partial charge in [-0.1, -0.05) is 13.5 Å². The predicted molar refractivity (Wildman–Crippen MR) is 60.5 cm³/mol. The quantitative estimate of drug-likeness (QED) is 0.585. The molecule has 2 heteroatoms. The lowest BCUT2D eigenvalue weighted by atomic mass is 10.4. The molecule has 0 aromatic heterocycles. The van der Waals surface area contributed by atoms with Crippen LogP contribution in [0.2, 0.25) is 0 Å². The molecule has 3 atom stereocenters. The van der Waals surface area contributed by atoms with Gasteiger partial charge >= 0.3 is 0 Å². The van der Waals surface area contributed by atoms with E-state index in [1.807, 2.05) is 0 Å². The van der Waals surface area contributed by atoms with Gasteiger partial charge < -0.3 is 0 Å². The van der Waals surface area contributed by atoms with Crippen LogP contribution in [0.3, 0.4) is 0 Å². The monoisotopic (exact) mass is 190 g/mol. The lowest BCUT2D eigenvalue weighted by molar-refractivity contribution is 0.916. The molecule has 0 aromatic carbocycles. The Bertz CT molecular complexity index is 167. The molecular formula is C9H19PS. The van der Waals surface area contributed by atoms with Crippen molar-refractivity contribution >= 4 is 18.6 Å². The van der Waals surface area contributed by atoms with E-state index in [0.29, 0.717) is 0 Å². The van der Waals surface area contributed by atoms with Crippen LogP contribution in [0, 0.1) is 0 Å². The van der Waals surface area contributed by atoms with Crippen molar-refractivity contribution in [3.63, 3.8) is 0 Å². The standard InChI is InChI=1S/C9H19PS/c1-5-9-6-11(4,7-10-9)8(2)3/h9-10H,2,5-7H2,1,3-4H3. The fourth-order valence-electron chi connectivity index (χ4n) is 1.39. The second-order valence-corrected chi connectivity index (χ2v) is 9.55. The Balaban J connectivity index is 2.57. The molecule has 0 aromatic rings. The summed E-state index contributed by atoms with van der Waals surface area (Å²) in [7, 11) is 0.856. The molecule has 1 heterocycles. The van der Waals surface area contributed by atoms with Crippen LogP contribution < -0.4 is 0 Å². The number of allylic oxidation sites excluding steroid dienone is 1. The highest BCUT2D eigenvalue weighted by atomic mass is 32.3. The number of hydrogen-bond acceptors (Lipinski definition) is 0. The van der Waals surface area contributed by atoms with E-state index in [4.69, 9.17) is 0 Å². The Labute approximate surface area is 73.9 Å². The van der Waals surface area contributed by atoms with E-state index in [9.17, 15) is 0 Å². The minimum Gasteiger partial charge on any atom is -0.218 e. The molecular weight excluding hydrogens is 171 g/mol. The van der Waals surface area contributed by atoms with Gasteiger partial charge in [-0.05, 0) is 41.4 Å². The Morgan fingerprint density at radius 1 is 1.73 bits per heavy atom. The van der Waals surface area contributed by atoms with Gasteiger partial charge in [0.05, 0.1) is 0 Å². The van der Waals surface area contributed by atoms with Gasteiger partial charge in [-0.25, -0.2) is 10.0 Å². The van der Waals surface area contributed by atoms with Crippen molar-refractivity contribution in [3.8, 4) is 0 Å². The minimum absolute atomic E-state index is 0.364. The normalized spacial score (nSPS) is 45.5. The van der Waals surface area contributed by atoms with Gasteiger partial charge in [0.15, 0.2) is 0 Å². The molecule has 0 amide bonds. The molecule has 0 spiro atoms. The molecule has 0 radical (unpaired) electrons. The third-order valence-electron chi connectivity index (χ3n) is 2.59. The van der Waals surface area contributed by atoms with E-state index in [1.165, 1.54) is 31.2 Å². The van der Waals surface area contributed by atoms with E-state index in [1.54, 1.807) is 0 Å². The summed E-state index contributed by atoms with van der Waals surface area (Å²) >= 11 is 0.